The van der Waals surface area contributed by atoms with Crippen LogP contribution >= 0.6 is 0 Å². The highest BCUT2D eigenvalue weighted by Crippen LogP contribution is 2.18. The standard InChI is InChI=1S/C13H21N5O/c1-17-6-4-10(8-17)9-18(2)12-7-11(3-5-15-12)13(14)16-19/h3,5,7,10,19H,4,6,8-9H2,1-2H3,(H2,14,16). The van der Waals surface area contributed by atoms with Gasteiger partial charge >= 0.3 is 0 Å². The van der Waals surface area contributed by atoms with E-state index in [1.807, 2.05) is 13.1 Å². The molecule has 1 unspecified atom stereocenters. The predicted octanol–water partition coefficient (Wildman–Crippen LogP) is 0.564. The van der Waals surface area contributed by atoms with Crippen molar-refractivity contribution >= 4 is 11.7 Å². The molecular formula is C13H21N5O. The van der Waals surface area contributed by atoms with Crippen molar-refractivity contribution in [3.05, 3.63) is 23.9 Å². The van der Waals surface area contributed by atoms with Gasteiger partial charge in [0.25, 0.3) is 0 Å². The highest BCUT2D eigenvalue weighted by Gasteiger charge is 2.21. The monoisotopic (exact) mass is 263 g/mol. The van der Waals surface area contributed by atoms with Crippen LogP contribution in [0.3, 0.4) is 0 Å². The summed E-state index contributed by atoms with van der Waals surface area (Å²) in [7, 11) is 4.17. The summed E-state index contributed by atoms with van der Waals surface area (Å²) in [4.78, 5) is 8.81. The number of anilines is 1. The van der Waals surface area contributed by atoms with E-state index < -0.39 is 0 Å². The van der Waals surface area contributed by atoms with E-state index in [-0.39, 0.29) is 5.84 Å². The van der Waals surface area contributed by atoms with Crippen LogP contribution in [0.4, 0.5) is 5.82 Å². The largest absolute Gasteiger partial charge is 0.409 e. The van der Waals surface area contributed by atoms with Gasteiger partial charge in [0.05, 0.1) is 0 Å². The van der Waals surface area contributed by atoms with E-state index in [9.17, 15) is 0 Å². The van der Waals surface area contributed by atoms with Gasteiger partial charge in [-0.05, 0) is 38.1 Å². The molecule has 1 aromatic rings. The number of aromatic nitrogens is 1. The van der Waals surface area contributed by atoms with Crippen molar-refractivity contribution in [3.8, 4) is 0 Å². The van der Waals surface area contributed by atoms with Crippen LogP contribution < -0.4 is 10.6 Å². The lowest BCUT2D eigenvalue weighted by atomic mass is 10.1. The molecule has 0 spiro atoms. The molecule has 0 aliphatic carbocycles. The molecule has 1 atom stereocenters. The molecule has 0 amide bonds. The van der Waals surface area contributed by atoms with Crippen molar-refractivity contribution in [3.63, 3.8) is 0 Å². The Kier molecular flexibility index (Phi) is 4.21. The van der Waals surface area contributed by atoms with Gasteiger partial charge in [-0.3, -0.25) is 0 Å². The normalized spacial score (nSPS) is 20.7. The van der Waals surface area contributed by atoms with Crippen LogP contribution in [0.15, 0.2) is 23.5 Å². The topological polar surface area (TPSA) is 78.0 Å². The molecule has 6 nitrogen and oxygen atoms in total. The Hall–Kier alpha value is -1.82. The lowest BCUT2D eigenvalue weighted by molar-refractivity contribution is 0.318. The van der Waals surface area contributed by atoms with Gasteiger partial charge in [-0.25, -0.2) is 4.98 Å². The molecule has 1 aliphatic heterocycles. The molecule has 6 heteroatoms. The van der Waals surface area contributed by atoms with E-state index in [4.69, 9.17) is 10.9 Å². The molecule has 104 valence electrons. The van der Waals surface area contributed by atoms with Gasteiger partial charge in [0.1, 0.15) is 5.82 Å². The van der Waals surface area contributed by atoms with E-state index in [1.54, 1.807) is 12.3 Å². The van der Waals surface area contributed by atoms with Crippen LogP contribution in [-0.2, 0) is 0 Å². The summed E-state index contributed by atoms with van der Waals surface area (Å²) in [5.41, 5.74) is 6.28. The number of rotatable bonds is 4. The molecule has 3 N–H and O–H groups in total. The molecule has 0 radical (unpaired) electrons. The highest BCUT2D eigenvalue weighted by atomic mass is 16.4. The van der Waals surface area contributed by atoms with Gasteiger partial charge in [-0.15, -0.1) is 0 Å². The van der Waals surface area contributed by atoms with E-state index >= 15 is 0 Å². The maximum Gasteiger partial charge on any atom is 0.170 e. The minimum absolute atomic E-state index is 0.109. The minimum Gasteiger partial charge on any atom is -0.409 e. The Morgan fingerprint density at radius 1 is 1.68 bits per heavy atom. The molecule has 2 heterocycles. The van der Waals surface area contributed by atoms with Crippen LogP contribution in [-0.4, -0.2) is 54.7 Å². The zero-order chi connectivity index (χ0) is 13.8. The van der Waals surface area contributed by atoms with Crippen LogP contribution in [0, 0.1) is 5.92 Å². The quantitative estimate of drug-likeness (QED) is 0.359. The fourth-order valence-corrected chi connectivity index (χ4v) is 2.50. The third-order valence-electron chi connectivity index (χ3n) is 3.56. The van der Waals surface area contributed by atoms with E-state index in [1.165, 1.54) is 6.42 Å². The first-order chi connectivity index (χ1) is 9.10. The van der Waals surface area contributed by atoms with E-state index in [2.05, 4.69) is 27.0 Å². The summed E-state index contributed by atoms with van der Waals surface area (Å²) in [6.07, 6.45) is 2.90. The van der Waals surface area contributed by atoms with Gasteiger partial charge in [0, 0.05) is 31.9 Å². The molecule has 1 saturated heterocycles. The average molecular weight is 263 g/mol. The average Bonchev–Trinajstić information content (AvgIpc) is 2.83. The van der Waals surface area contributed by atoms with Crippen LogP contribution in [0.25, 0.3) is 0 Å². The van der Waals surface area contributed by atoms with Crippen molar-refractivity contribution in [2.45, 2.75) is 6.42 Å². The number of likely N-dealkylation sites (tertiary alicyclic amines) is 1. The van der Waals surface area contributed by atoms with E-state index in [0.29, 0.717) is 11.5 Å². The van der Waals surface area contributed by atoms with Crippen molar-refractivity contribution in [2.75, 3.05) is 38.6 Å². The summed E-state index contributed by atoms with van der Waals surface area (Å²) in [5, 5.41) is 11.7. The number of hydrogen-bond donors (Lipinski definition) is 2. The molecular weight excluding hydrogens is 242 g/mol. The summed E-state index contributed by atoms with van der Waals surface area (Å²) >= 11 is 0. The molecule has 1 fully saturated rings. The summed E-state index contributed by atoms with van der Waals surface area (Å²) in [6, 6.07) is 3.57. The third kappa shape index (κ3) is 3.35. The van der Waals surface area contributed by atoms with Gasteiger partial charge in [-0.1, -0.05) is 5.16 Å². The SMILES string of the molecule is CN1CCC(CN(C)c2cc(/C(N)=N/O)ccn2)C1. The fraction of sp³-hybridized carbons (Fsp3) is 0.538. The molecule has 1 aromatic heterocycles. The number of amidine groups is 1. The maximum atomic E-state index is 8.70. The zero-order valence-electron chi connectivity index (χ0n) is 11.5. The molecule has 0 aromatic carbocycles. The number of nitrogens with two attached hydrogens (primary N) is 1. The van der Waals surface area contributed by atoms with Crippen molar-refractivity contribution in [1.82, 2.24) is 9.88 Å². The second-order valence-electron chi connectivity index (χ2n) is 5.19. The van der Waals surface area contributed by atoms with Crippen molar-refractivity contribution < 1.29 is 5.21 Å². The smallest absolute Gasteiger partial charge is 0.170 e. The van der Waals surface area contributed by atoms with Gasteiger partial charge in [-0.2, -0.15) is 0 Å². The van der Waals surface area contributed by atoms with Crippen molar-refractivity contribution in [2.24, 2.45) is 16.8 Å². The van der Waals surface area contributed by atoms with Gasteiger partial charge < -0.3 is 20.7 Å². The van der Waals surface area contributed by atoms with Gasteiger partial charge in [0.15, 0.2) is 5.84 Å². The zero-order valence-corrected chi connectivity index (χ0v) is 11.5. The van der Waals surface area contributed by atoms with Gasteiger partial charge in [0.2, 0.25) is 0 Å². The van der Waals surface area contributed by atoms with Crippen LogP contribution in [0.1, 0.15) is 12.0 Å². The molecule has 2 rings (SSSR count). The molecule has 19 heavy (non-hydrogen) atoms. The molecule has 0 saturated carbocycles. The Labute approximate surface area is 113 Å². The first-order valence-electron chi connectivity index (χ1n) is 6.43. The van der Waals surface area contributed by atoms with Crippen molar-refractivity contribution in [1.29, 1.82) is 0 Å². The Morgan fingerprint density at radius 3 is 3.11 bits per heavy atom. The minimum atomic E-state index is 0.109. The number of pyridine rings is 1. The molecule has 0 bridgehead atoms. The number of nitrogens with zero attached hydrogens (tertiary/aromatic N) is 4. The number of hydrogen-bond acceptors (Lipinski definition) is 5. The Morgan fingerprint density at radius 2 is 2.47 bits per heavy atom. The van der Waals surface area contributed by atoms with Crippen LogP contribution in [0.2, 0.25) is 0 Å². The van der Waals surface area contributed by atoms with E-state index in [0.717, 1.165) is 25.5 Å². The Bertz CT molecular complexity index is 462. The lowest BCUT2D eigenvalue weighted by Gasteiger charge is -2.22. The second kappa shape index (κ2) is 5.88. The highest BCUT2D eigenvalue weighted by molar-refractivity contribution is 5.97. The summed E-state index contributed by atoms with van der Waals surface area (Å²) < 4.78 is 0. The van der Waals surface area contributed by atoms with Crippen LogP contribution in [0.5, 0.6) is 0 Å². The Balaban J connectivity index is 2.04. The molecule has 1 aliphatic rings. The fourth-order valence-electron chi connectivity index (χ4n) is 2.50. The third-order valence-corrected chi connectivity index (χ3v) is 3.56. The predicted molar refractivity (Wildman–Crippen MR) is 75.6 cm³/mol. The second-order valence-corrected chi connectivity index (χ2v) is 5.19. The first-order valence-corrected chi connectivity index (χ1v) is 6.43. The first kappa shape index (κ1) is 13.6. The maximum absolute atomic E-state index is 8.70. The summed E-state index contributed by atoms with van der Waals surface area (Å²) in [5.74, 6) is 1.63. The lowest BCUT2D eigenvalue weighted by Crippen LogP contribution is -2.28. The number of oxime groups is 1. The summed E-state index contributed by atoms with van der Waals surface area (Å²) in [6.45, 7) is 3.26.